The summed E-state index contributed by atoms with van der Waals surface area (Å²) >= 11 is 0. The van der Waals surface area contributed by atoms with Gasteiger partial charge in [0.15, 0.2) is 6.61 Å². The molecule has 6 heteroatoms. The van der Waals surface area contributed by atoms with E-state index < -0.39 is 18.5 Å². The highest BCUT2D eigenvalue weighted by atomic mass is 16.6. The molecule has 6 nitrogen and oxygen atoms in total. The van der Waals surface area contributed by atoms with Crippen molar-refractivity contribution in [3.8, 4) is 11.5 Å². The molecule has 27 heavy (non-hydrogen) atoms. The molecule has 0 aromatic heterocycles. The third-order valence-corrected chi connectivity index (χ3v) is 5.19. The van der Waals surface area contributed by atoms with Crippen LogP contribution in [0.2, 0.25) is 0 Å². The normalized spacial score (nSPS) is 22.2. The van der Waals surface area contributed by atoms with Crippen molar-refractivity contribution in [1.29, 1.82) is 0 Å². The van der Waals surface area contributed by atoms with Gasteiger partial charge in [0.1, 0.15) is 23.2 Å². The summed E-state index contributed by atoms with van der Waals surface area (Å²) in [5, 5.41) is 0. The first-order chi connectivity index (χ1) is 12.8. The highest BCUT2D eigenvalue weighted by Crippen LogP contribution is 2.35. The fourth-order valence-corrected chi connectivity index (χ4v) is 3.62. The van der Waals surface area contributed by atoms with Crippen LogP contribution >= 0.6 is 0 Å². The van der Waals surface area contributed by atoms with Crippen molar-refractivity contribution >= 4 is 11.9 Å². The summed E-state index contributed by atoms with van der Waals surface area (Å²) in [5.74, 6) is 1.07. The predicted molar refractivity (Wildman–Crippen MR) is 101 cm³/mol. The van der Waals surface area contributed by atoms with E-state index in [1.165, 1.54) is 14.2 Å². The smallest absolute Gasteiger partial charge is 0.344 e. The van der Waals surface area contributed by atoms with Crippen LogP contribution in [0.5, 0.6) is 11.5 Å². The van der Waals surface area contributed by atoms with Gasteiger partial charge in [-0.3, -0.25) is 0 Å². The lowest BCUT2D eigenvalue weighted by atomic mass is 9.75. The fourth-order valence-electron chi connectivity index (χ4n) is 3.62. The summed E-state index contributed by atoms with van der Waals surface area (Å²) in [7, 11) is 2.98. The Morgan fingerprint density at radius 3 is 2.52 bits per heavy atom. The summed E-state index contributed by atoms with van der Waals surface area (Å²) in [6.07, 6.45) is 2.95. The molecule has 0 saturated heterocycles. The minimum Gasteiger partial charge on any atom is -0.497 e. The van der Waals surface area contributed by atoms with E-state index in [0.717, 1.165) is 19.3 Å². The lowest BCUT2D eigenvalue weighted by Gasteiger charge is -2.36. The second kappa shape index (κ2) is 9.62. The lowest BCUT2D eigenvalue weighted by molar-refractivity contribution is -0.159. The van der Waals surface area contributed by atoms with Crippen molar-refractivity contribution in [3.63, 3.8) is 0 Å². The summed E-state index contributed by atoms with van der Waals surface area (Å²) in [4.78, 5) is 24.5. The minimum atomic E-state index is -0.635. The molecule has 150 valence electrons. The van der Waals surface area contributed by atoms with Crippen molar-refractivity contribution in [3.05, 3.63) is 23.8 Å². The van der Waals surface area contributed by atoms with Gasteiger partial charge in [0.2, 0.25) is 0 Å². The number of benzene rings is 1. The van der Waals surface area contributed by atoms with Crippen molar-refractivity contribution in [1.82, 2.24) is 0 Å². The van der Waals surface area contributed by atoms with Gasteiger partial charge in [0, 0.05) is 6.07 Å². The van der Waals surface area contributed by atoms with E-state index in [1.54, 1.807) is 18.2 Å². The average Bonchev–Trinajstić information content (AvgIpc) is 2.65. The zero-order chi connectivity index (χ0) is 20.0. The van der Waals surface area contributed by atoms with Gasteiger partial charge in [-0.25, -0.2) is 9.59 Å². The molecule has 1 aromatic rings. The molecular formula is C21H30O6. The predicted octanol–water partition coefficient (Wildman–Crippen LogP) is 3.86. The van der Waals surface area contributed by atoms with Gasteiger partial charge in [-0.1, -0.05) is 27.2 Å². The quantitative estimate of drug-likeness (QED) is 0.671. The molecule has 2 rings (SSSR count). The largest absolute Gasteiger partial charge is 0.497 e. The Morgan fingerprint density at radius 2 is 1.89 bits per heavy atom. The van der Waals surface area contributed by atoms with E-state index in [9.17, 15) is 9.59 Å². The van der Waals surface area contributed by atoms with Gasteiger partial charge in [0.05, 0.1) is 14.2 Å². The van der Waals surface area contributed by atoms with Gasteiger partial charge in [0.25, 0.3) is 0 Å². The maximum atomic E-state index is 12.3. The van der Waals surface area contributed by atoms with Gasteiger partial charge in [-0.15, -0.1) is 0 Å². The zero-order valence-corrected chi connectivity index (χ0v) is 16.8. The van der Waals surface area contributed by atoms with Crippen molar-refractivity contribution in [2.75, 3.05) is 20.8 Å². The third-order valence-electron chi connectivity index (χ3n) is 5.19. The van der Waals surface area contributed by atoms with E-state index in [-0.39, 0.29) is 11.7 Å². The Bertz CT molecular complexity index is 654. The first-order valence-electron chi connectivity index (χ1n) is 9.44. The van der Waals surface area contributed by atoms with Crippen molar-refractivity contribution in [2.45, 2.75) is 46.1 Å². The van der Waals surface area contributed by atoms with E-state index in [4.69, 9.17) is 18.9 Å². The number of carbonyl (C=O) groups is 2. The second-order valence-corrected chi connectivity index (χ2v) is 7.50. The molecule has 1 fully saturated rings. The van der Waals surface area contributed by atoms with E-state index in [0.29, 0.717) is 29.3 Å². The molecule has 1 aliphatic carbocycles. The van der Waals surface area contributed by atoms with Gasteiger partial charge in [-0.05, 0) is 42.7 Å². The monoisotopic (exact) mass is 378 g/mol. The second-order valence-electron chi connectivity index (χ2n) is 7.50. The van der Waals surface area contributed by atoms with Crippen LogP contribution in [0.3, 0.4) is 0 Å². The standard InChI is InChI=1S/C21H30O6/c1-13(2)16-8-6-14(3)10-19(16)27-20(22)12-26-21(23)17-9-7-15(24-4)11-18(17)25-5/h7,9,11,13-14,16,19H,6,8,10,12H2,1-5H3. The van der Waals surface area contributed by atoms with Gasteiger partial charge in [-0.2, -0.15) is 0 Å². The zero-order valence-electron chi connectivity index (χ0n) is 16.8. The molecule has 0 aliphatic heterocycles. The van der Waals surface area contributed by atoms with Crippen LogP contribution in [0.4, 0.5) is 0 Å². The molecule has 0 spiro atoms. The fraction of sp³-hybridized carbons (Fsp3) is 0.619. The number of hydrogen-bond acceptors (Lipinski definition) is 6. The van der Waals surface area contributed by atoms with E-state index >= 15 is 0 Å². The Kier molecular flexibility index (Phi) is 7.51. The highest BCUT2D eigenvalue weighted by Gasteiger charge is 2.33. The van der Waals surface area contributed by atoms with Crippen LogP contribution in [0.25, 0.3) is 0 Å². The number of ether oxygens (including phenoxy) is 4. The average molecular weight is 378 g/mol. The van der Waals surface area contributed by atoms with Gasteiger partial charge < -0.3 is 18.9 Å². The van der Waals surface area contributed by atoms with Crippen LogP contribution in [-0.2, 0) is 14.3 Å². The number of rotatable bonds is 7. The SMILES string of the molecule is COc1ccc(C(=O)OCC(=O)OC2CC(C)CCC2C(C)C)c(OC)c1. The maximum Gasteiger partial charge on any atom is 0.344 e. The molecule has 1 aliphatic rings. The molecule has 0 bridgehead atoms. The molecule has 1 saturated carbocycles. The number of esters is 2. The highest BCUT2D eigenvalue weighted by molar-refractivity contribution is 5.93. The molecule has 0 radical (unpaired) electrons. The summed E-state index contributed by atoms with van der Waals surface area (Å²) in [6.45, 7) is 6.06. The Labute approximate surface area is 161 Å². The molecule has 3 unspecified atom stereocenters. The first kappa shape index (κ1) is 21.1. The lowest BCUT2D eigenvalue weighted by Crippen LogP contribution is -2.36. The third kappa shape index (κ3) is 5.62. The summed E-state index contributed by atoms with van der Waals surface area (Å²) in [5.41, 5.74) is 0.234. The molecule has 0 N–H and O–H groups in total. The maximum absolute atomic E-state index is 12.3. The van der Waals surface area contributed by atoms with E-state index in [1.807, 2.05) is 0 Å². The van der Waals surface area contributed by atoms with Crippen LogP contribution in [0, 0.1) is 17.8 Å². The Balaban J connectivity index is 1.93. The Hall–Kier alpha value is -2.24. The molecule has 0 amide bonds. The van der Waals surface area contributed by atoms with Crippen molar-refractivity contribution < 1.29 is 28.5 Å². The molecule has 3 atom stereocenters. The van der Waals surface area contributed by atoms with Crippen LogP contribution < -0.4 is 9.47 Å². The topological polar surface area (TPSA) is 71.1 Å². The van der Waals surface area contributed by atoms with E-state index in [2.05, 4.69) is 20.8 Å². The Morgan fingerprint density at radius 1 is 1.15 bits per heavy atom. The minimum absolute atomic E-state index is 0.115. The first-order valence-corrected chi connectivity index (χ1v) is 9.44. The summed E-state index contributed by atoms with van der Waals surface area (Å²) < 4.78 is 21.1. The number of methoxy groups -OCH3 is 2. The van der Waals surface area contributed by atoms with Crippen LogP contribution in [0.15, 0.2) is 18.2 Å². The summed E-state index contributed by atoms with van der Waals surface area (Å²) in [6, 6.07) is 4.77. The van der Waals surface area contributed by atoms with Crippen LogP contribution in [0.1, 0.15) is 50.4 Å². The molecular weight excluding hydrogens is 348 g/mol. The van der Waals surface area contributed by atoms with Crippen LogP contribution in [-0.4, -0.2) is 38.9 Å². The van der Waals surface area contributed by atoms with Crippen molar-refractivity contribution in [2.24, 2.45) is 17.8 Å². The van der Waals surface area contributed by atoms with Gasteiger partial charge >= 0.3 is 11.9 Å². The molecule has 1 aromatic carbocycles. The molecule has 0 heterocycles. The number of carbonyl (C=O) groups excluding carboxylic acids is 2. The number of hydrogen-bond donors (Lipinski definition) is 0.